The summed E-state index contributed by atoms with van der Waals surface area (Å²) >= 11 is 0. The molecule has 0 aromatic carbocycles. The molecule has 4 N–H and O–H groups in total. The number of amides is 2. The molecule has 2 unspecified atom stereocenters. The molecular weight excluding hydrogens is 284 g/mol. The second-order valence-corrected chi connectivity index (χ2v) is 5.50. The number of aliphatic hydroxyl groups is 1. The Labute approximate surface area is 121 Å². The Morgan fingerprint density at radius 3 is 2.48 bits per heavy atom. The van der Waals surface area contributed by atoms with Crippen molar-refractivity contribution in [1.29, 1.82) is 0 Å². The third kappa shape index (κ3) is 5.20. The van der Waals surface area contributed by atoms with Crippen LogP contribution in [0.4, 0.5) is 4.79 Å². The molecule has 21 heavy (non-hydrogen) atoms. The summed E-state index contributed by atoms with van der Waals surface area (Å²) in [5, 5.41) is 28.9. The Morgan fingerprint density at radius 1 is 1.38 bits per heavy atom. The summed E-state index contributed by atoms with van der Waals surface area (Å²) in [5.74, 6) is -2.74. The van der Waals surface area contributed by atoms with E-state index in [4.69, 9.17) is 20.1 Å². The van der Waals surface area contributed by atoms with Crippen LogP contribution in [-0.4, -0.2) is 75.6 Å². The highest BCUT2D eigenvalue weighted by Crippen LogP contribution is 2.20. The molecule has 0 aliphatic carbocycles. The van der Waals surface area contributed by atoms with E-state index in [1.165, 1.54) is 4.90 Å². The van der Waals surface area contributed by atoms with Crippen molar-refractivity contribution in [2.24, 2.45) is 0 Å². The van der Waals surface area contributed by atoms with E-state index in [1.807, 2.05) is 0 Å². The minimum atomic E-state index is -1.51. The van der Waals surface area contributed by atoms with Gasteiger partial charge >= 0.3 is 18.0 Å². The number of ether oxygens (including phenoxy) is 1. The van der Waals surface area contributed by atoms with Crippen LogP contribution in [0.25, 0.3) is 0 Å². The fourth-order valence-electron chi connectivity index (χ4n) is 2.16. The predicted molar refractivity (Wildman–Crippen MR) is 69.8 cm³/mol. The molecule has 1 fully saturated rings. The zero-order valence-corrected chi connectivity index (χ0v) is 11.9. The number of aliphatic hydroxyl groups excluding tert-OH is 1. The topological polar surface area (TPSA) is 136 Å². The Hall–Kier alpha value is -1.87. The van der Waals surface area contributed by atoms with Gasteiger partial charge in [-0.25, -0.2) is 9.59 Å². The summed E-state index contributed by atoms with van der Waals surface area (Å²) in [4.78, 5) is 34.9. The maximum absolute atomic E-state index is 12.1. The molecule has 0 spiro atoms. The zero-order valence-electron chi connectivity index (χ0n) is 11.9. The highest BCUT2D eigenvalue weighted by molar-refractivity contribution is 5.86. The second-order valence-electron chi connectivity index (χ2n) is 5.50. The molecule has 1 saturated heterocycles. The number of carbonyl (C=O) groups excluding carboxylic acids is 1. The molecule has 1 heterocycles. The van der Waals surface area contributed by atoms with E-state index in [9.17, 15) is 14.4 Å². The van der Waals surface area contributed by atoms with Crippen LogP contribution in [0, 0.1) is 0 Å². The van der Waals surface area contributed by atoms with Gasteiger partial charge in [0.2, 0.25) is 0 Å². The SMILES string of the molecule is CC1(C)CN(C(=O)NC(CC(=O)O)C(=O)O)CC(CO)O1. The van der Waals surface area contributed by atoms with Crippen LogP contribution in [0.15, 0.2) is 0 Å². The quantitative estimate of drug-likeness (QED) is 0.516. The van der Waals surface area contributed by atoms with Crippen LogP contribution >= 0.6 is 0 Å². The Bertz CT molecular complexity index is 424. The normalized spacial score (nSPS) is 22.4. The number of aliphatic carboxylic acids is 2. The minimum absolute atomic E-state index is 0.102. The number of carboxylic acid groups (broad SMARTS) is 2. The Kier molecular flexibility index (Phi) is 5.50. The molecule has 0 aromatic rings. The summed E-state index contributed by atoms with van der Waals surface area (Å²) in [5.41, 5.74) is -0.686. The number of nitrogens with zero attached hydrogens (tertiary/aromatic N) is 1. The standard InChI is InChI=1S/C12H20N2O7/c1-12(2)6-14(4-7(5-15)21-12)11(20)13-8(10(18)19)3-9(16)17/h7-8,15H,3-6H2,1-2H3,(H,13,20)(H,16,17)(H,18,19). The first-order valence-corrected chi connectivity index (χ1v) is 6.43. The number of rotatable bonds is 5. The second kappa shape index (κ2) is 6.72. The summed E-state index contributed by atoms with van der Waals surface area (Å²) < 4.78 is 5.54. The van der Waals surface area contributed by atoms with Gasteiger partial charge in [0.25, 0.3) is 0 Å². The van der Waals surface area contributed by atoms with Gasteiger partial charge in [0.15, 0.2) is 0 Å². The average molecular weight is 304 g/mol. The van der Waals surface area contributed by atoms with Crippen molar-refractivity contribution in [1.82, 2.24) is 10.2 Å². The highest BCUT2D eigenvalue weighted by Gasteiger charge is 2.36. The van der Waals surface area contributed by atoms with Gasteiger partial charge in [-0.05, 0) is 13.8 Å². The van der Waals surface area contributed by atoms with Gasteiger partial charge in [-0.2, -0.15) is 0 Å². The predicted octanol–water partition coefficient (Wildman–Crippen LogP) is -0.904. The van der Waals surface area contributed by atoms with E-state index >= 15 is 0 Å². The first-order chi connectivity index (χ1) is 9.64. The lowest BCUT2D eigenvalue weighted by molar-refractivity contribution is -0.146. The number of carboxylic acids is 2. The molecule has 1 rings (SSSR count). The third-order valence-corrected chi connectivity index (χ3v) is 2.95. The van der Waals surface area contributed by atoms with Crippen molar-refractivity contribution < 1.29 is 34.4 Å². The van der Waals surface area contributed by atoms with Crippen LogP contribution in [0.2, 0.25) is 0 Å². The van der Waals surface area contributed by atoms with E-state index in [1.54, 1.807) is 13.8 Å². The zero-order chi connectivity index (χ0) is 16.2. The van der Waals surface area contributed by atoms with E-state index in [0.29, 0.717) is 0 Å². The van der Waals surface area contributed by atoms with Crippen molar-refractivity contribution in [3.63, 3.8) is 0 Å². The van der Waals surface area contributed by atoms with Gasteiger partial charge in [0.1, 0.15) is 6.04 Å². The largest absolute Gasteiger partial charge is 0.481 e. The van der Waals surface area contributed by atoms with E-state index in [0.717, 1.165) is 0 Å². The number of urea groups is 1. The first-order valence-electron chi connectivity index (χ1n) is 6.43. The molecule has 120 valence electrons. The van der Waals surface area contributed by atoms with Gasteiger partial charge < -0.3 is 30.3 Å². The summed E-state index contributed by atoms with van der Waals surface area (Å²) in [6.45, 7) is 3.51. The lowest BCUT2D eigenvalue weighted by atomic mass is 10.1. The minimum Gasteiger partial charge on any atom is -0.481 e. The number of carbonyl (C=O) groups is 3. The number of nitrogens with one attached hydrogen (secondary N) is 1. The maximum Gasteiger partial charge on any atom is 0.326 e. The highest BCUT2D eigenvalue weighted by atomic mass is 16.5. The molecular formula is C12H20N2O7. The van der Waals surface area contributed by atoms with Crippen molar-refractivity contribution in [2.45, 2.75) is 38.0 Å². The van der Waals surface area contributed by atoms with Crippen LogP contribution in [0.5, 0.6) is 0 Å². The molecule has 0 bridgehead atoms. The lowest BCUT2D eigenvalue weighted by Crippen LogP contribution is -2.59. The summed E-state index contributed by atoms with van der Waals surface area (Å²) in [6, 6.07) is -2.20. The maximum atomic E-state index is 12.1. The number of hydrogen-bond acceptors (Lipinski definition) is 5. The molecule has 2 atom stereocenters. The van der Waals surface area contributed by atoms with Crippen LogP contribution in [0.3, 0.4) is 0 Å². The fourth-order valence-corrected chi connectivity index (χ4v) is 2.16. The first kappa shape index (κ1) is 17.2. The van der Waals surface area contributed by atoms with Gasteiger partial charge in [-0.15, -0.1) is 0 Å². The van der Waals surface area contributed by atoms with Crippen molar-refractivity contribution in [3.05, 3.63) is 0 Å². The molecule has 1 aliphatic rings. The van der Waals surface area contributed by atoms with Gasteiger partial charge in [-0.1, -0.05) is 0 Å². The average Bonchev–Trinajstić information content (AvgIpc) is 2.35. The molecule has 1 aliphatic heterocycles. The van der Waals surface area contributed by atoms with E-state index < -0.39 is 42.1 Å². The third-order valence-electron chi connectivity index (χ3n) is 2.95. The molecule has 0 aromatic heterocycles. The van der Waals surface area contributed by atoms with Crippen molar-refractivity contribution in [2.75, 3.05) is 19.7 Å². The monoisotopic (exact) mass is 304 g/mol. The van der Waals surface area contributed by atoms with Gasteiger partial charge in [0, 0.05) is 0 Å². The van der Waals surface area contributed by atoms with Crippen molar-refractivity contribution >= 4 is 18.0 Å². The molecule has 0 saturated carbocycles. The summed E-state index contributed by atoms with van der Waals surface area (Å²) in [7, 11) is 0. The van der Waals surface area contributed by atoms with Crippen LogP contribution < -0.4 is 5.32 Å². The summed E-state index contributed by atoms with van der Waals surface area (Å²) in [6.07, 6.45) is -1.28. The molecule has 0 radical (unpaired) electrons. The Balaban J connectivity index is 2.72. The van der Waals surface area contributed by atoms with Crippen LogP contribution in [-0.2, 0) is 14.3 Å². The van der Waals surface area contributed by atoms with E-state index in [2.05, 4.69) is 5.32 Å². The van der Waals surface area contributed by atoms with Crippen LogP contribution in [0.1, 0.15) is 20.3 Å². The number of morpholine rings is 1. The smallest absolute Gasteiger partial charge is 0.326 e. The molecule has 9 nitrogen and oxygen atoms in total. The Morgan fingerprint density at radius 2 is 2.00 bits per heavy atom. The van der Waals surface area contributed by atoms with Crippen molar-refractivity contribution in [3.8, 4) is 0 Å². The lowest BCUT2D eigenvalue weighted by Gasteiger charge is -2.42. The van der Waals surface area contributed by atoms with Gasteiger partial charge in [0.05, 0.1) is 37.8 Å². The van der Waals surface area contributed by atoms with E-state index in [-0.39, 0.29) is 19.7 Å². The molecule has 2 amide bonds. The van der Waals surface area contributed by atoms with Gasteiger partial charge in [-0.3, -0.25) is 4.79 Å². The molecule has 9 heteroatoms. The number of hydrogen-bond donors (Lipinski definition) is 4. The fraction of sp³-hybridized carbons (Fsp3) is 0.750.